The highest BCUT2D eigenvalue weighted by molar-refractivity contribution is 7.90. The highest BCUT2D eigenvalue weighted by atomic mass is 32.2. The van der Waals surface area contributed by atoms with Crippen LogP contribution >= 0.6 is 0 Å². The predicted octanol–water partition coefficient (Wildman–Crippen LogP) is 1.24. The van der Waals surface area contributed by atoms with Gasteiger partial charge in [0.25, 0.3) is 0 Å². The average molecular weight is 310 g/mol. The number of amides is 1. The van der Waals surface area contributed by atoms with Crippen LogP contribution in [0.25, 0.3) is 0 Å². The van der Waals surface area contributed by atoms with Crippen LogP contribution in [0.15, 0.2) is 29.2 Å². The topological polar surface area (TPSA) is 75.3 Å². The van der Waals surface area contributed by atoms with Crippen molar-refractivity contribution in [1.82, 2.24) is 10.6 Å². The summed E-state index contributed by atoms with van der Waals surface area (Å²) < 4.78 is 22.7. The SMILES string of the molecule is CS(=O)(=O)c1ccc(CNC(=O)CNC2CCCC2)cc1. The van der Waals surface area contributed by atoms with Gasteiger partial charge in [0.1, 0.15) is 0 Å². The van der Waals surface area contributed by atoms with Crippen LogP contribution in [-0.2, 0) is 21.2 Å². The molecule has 1 fully saturated rings. The van der Waals surface area contributed by atoms with Gasteiger partial charge in [-0.2, -0.15) is 0 Å². The van der Waals surface area contributed by atoms with Gasteiger partial charge in [-0.05, 0) is 30.5 Å². The molecule has 6 heteroatoms. The first kappa shape index (κ1) is 16.0. The summed E-state index contributed by atoms with van der Waals surface area (Å²) >= 11 is 0. The molecule has 2 rings (SSSR count). The molecule has 2 N–H and O–H groups in total. The number of benzene rings is 1. The lowest BCUT2D eigenvalue weighted by atomic mass is 10.2. The average Bonchev–Trinajstić information content (AvgIpc) is 2.95. The number of carbonyl (C=O) groups is 1. The zero-order valence-corrected chi connectivity index (χ0v) is 13.1. The minimum Gasteiger partial charge on any atom is -0.351 e. The maximum atomic E-state index is 11.7. The van der Waals surface area contributed by atoms with E-state index in [0.717, 1.165) is 18.4 Å². The van der Waals surface area contributed by atoms with Gasteiger partial charge in [0.2, 0.25) is 5.91 Å². The minimum absolute atomic E-state index is 0.0333. The highest BCUT2D eigenvalue weighted by Gasteiger charge is 2.15. The Labute approximate surface area is 126 Å². The summed E-state index contributed by atoms with van der Waals surface area (Å²) in [6.07, 6.45) is 5.97. The summed E-state index contributed by atoms with van der Waals surface area (Å²) in [7, 11) is -3.17. The van der Waals surface area contributed by atoms with Crippen LogP contribution in [0.1, 0.15) is 31.2 Å². The fourth-order valence-corrected chi connectivity index (χ4v) is 3.12. The summed E-state index contributed by atoms with van der Waals surface area (Å²) in [5.41, 5.74) is 0.886. The molecule has 1 aliphatic carbocycles. The second-order valence-electron chi connectivity index (χ2n) is 5.56. The molecule has 5 nitrogen and oxygen atoms in total. The van der Waals surface area contributed by atoms with Crippen molar-refractivity contribution in [2.24, 2.45) is 0 Å². The second kappa shape index (κ2) is 7.04. The quantitative estimate of drug-likeness (QED) is 0.829. The summed E-state index contributed by atoms with van der Waals surface area (Å²) in [5.74, 6) is -0.0333. The van der Waals surface area contributed by atoms with Crippen LogP contribution < -0.4 is 10.6 Å². The highest BCUT2D eigenvalue weighted by Crippen LogP contribution is 2.17. The van der Waals surface area contributed by atoms with E-state index >= 15 is 0 Å². The summed E-state index contributed by atoms with van der Waals surface area (Å²) in [4.78, 5) is 12.0. The molecule has 1 saturated carbocycles. The van der Waals surface area contributed by atoms with Crippen molar-refractivity contribution in [1.29, 1.82) is 0 Å². The molecule has 1 aromatic carbocycles. The first-order chi connectivity index (χ1) is 9.95. The largest absolute Gasteiger partial charge is 0.351 e. The molecule has 0 heterocycles. The van der Waals surface area contributed by atoms with Crippen LogP contribution in [0.3, 0.4) is 0 Å². The standard InChI is InChI=1S/C15H22N2O3S/c1-21(19,20)14-8-6-12(7-9-14)10-17-15(18)11-16-13-4-2-3-5-13/h6-9,13,16H,2-5,10-11H2,1H3,(H,17,18). The zero-order valence-electron chi connectivity index (χ0n) is 12.3. The van der Waals surface area contributed by atoms with Crippen LogP contribution in [0.4, 0.5) is 0 Å². The molecule has 0 aromatic heterocycles. The Morgan fingerprint density at radius 1 is 1.19 bits per heavy atom. The maximum absolute atomic E-state index is 11.7. The molecule has 0 saturated heterocycles. The molecule has 1 aromatic rings. The molecule has 0 aliphatic heterocycles. The third-order valence-corrected chi connectivity index (χ3v) is 4.88. The van der Waals surface area contributed by atoms with E-state index in [9.17, 15) is 13.2 Å². The van der Waals surface area contributed by atoms with Gasteiger partial charge in [0.15, 0.2) is 9.84 Å². The van der Waals surface area contributed by atoms with E-state index in [-0.39, 0.29) is 5.91 Å². The predicted molar refractivity (Wildman–Crippen MR) is 81.7 cm³/mol. The summed E-state index contributed by atoms with van der Waals surface area (Å²) in [6, 6.07) is 7.05. The Kier molecular flexibility index (Phi) is 5.36. The summed E-state index contributed by atoms with van der Waals surface area (Å²) in [5, 5.41) is 6.09. The van der Waals surface area contributed by atoms with Gasteiger partial charge in [-0.1, -0.05) is 25.0 Å². The van der Waals surface area contributed by atoms with Gasteiger partial charge in [0.05, 0.1) is 11.4 Å². The molecule has 1 amide bonds. The third-order valence-electron chi connectivity index (χ3n) is 3.75. The van der Waals surface area contributed by atoms with Crippen molar-refractivity contribution >= 4 is 15.7 Å². The fraction of sp³-hybridized carbons (Fsp3) is 0.533. The van der Waals surface area contributed by atoms with Crippen molar-refractivity contribution in [3.8, 4) is 0 Å². The number of carbonyl (C=O) groups excluding carboxylic acids is 1. The molecule has 0 radical (unpaired) electrons. The smallest absolute Gasteiger partial charge is 0.234 e. The first-order valence-corrected chi connectivity index (χ1v) is 9.13. The van der Waals surface area contributed by atoms with E-state index in [0.29, 0.717) is 24.0 Å². The van der Waals surface area contributed by atoms with E-state index in [2.05, 4.69) is 10.6 Å². The van der Waals surface area contributed by atoms with E-state index < -0.39 is 9.84 Å². The Morgan fingerprint density at radius 2 is 1.81 bits per heavy atom. The Bertz CT molecular complexity index is 575. The van der Waals surface area contributed by atoms with Crippen LogP contribution in [-0.4, -0.2) is 33.2 Å². The zero-order chi connectivity index (χ0) is 15.3. The molecular formula is C15H22N2O3S. The van der Waals surface area contributed by atoms with Gasteiger partial charge >= 0.3 is 0 Å². The molecule has 0 spiro atoms. The van der Waals surface area contributed by atoms with Crippen molar-refractivity contribution in [3.05, 3.63) is 29.8 Å². The normalized spacial score (nSPS) is 16.0. The number of hydrogen-bond donors (Lipinski definition) is 2. The lowest BCUT2D eigenvalue weighted by molar-refractivity contribution is -0.120. The van der Waals surface area contributed by atoms with Crippen molar-refractivity contribution in [3.63, 3.8) is 0 Å². The van der Waals surface area contributed by atoms with E-state index in [1.54, 1.807) is 24.3 Å². The number of rotatable bonds is 6. The molecule has 116 valence electrons. The Balaban J connectivity index is 1.75. The number of nitrogens with one attached hydrogen (secondary N) is 2. The second-order valence-corrected chi connectivity index (χ2v) is 7.57. The Hall–Kier alpha value is -1.40. The fourth-order valence-electron chi connectivity index (χ4n) is 2.48. The molecule has 0 atom stereocenters. The number of hydrogen-bond acceptors (Lipinski definition) is 4. The lowest BCUT2D eigenvalue weighted by Crippen LogP contribution is -2.37. The van der Waals surface area contributed by atoms with Crippen LogP contribution in [0.5, 0.6) is 0 Å². The van der Waals surface area contributed by atoms with Gasteiger partial charge < -0.3 is 10.6 Å². The van der Waals surface area contributed by atoms with E-state index in [1.165, 1.54) is 19.1 Å². The van der Waals surface area contributed by atoms with Gasteiger partial charge in [-0.25, -0.2) is 8.42 Å². The molecule has 0 bridgehead atoms. The lowest BCUT2D eigenvalue weighted by Gasteiger charge is -2.11. The molecular weight excluding hydrogens is 288 g/mol. The van der Waals surface area contributed by atoms with Crippen molar-refractivity contribution in [2.45, 2.75) is 43.2 Å². The van der Waals surface area contributed by atoms with E-state index in [1.807, 2.05) is 0 Å². The van der Waals surface area contributed by atoms with E-state index in [4.69, 9.17) is 0 Å². The van der Waals surface area contributed by atoms with Gasteiger partial charge in [-0.3, -0.25) is 4.79 Å². The van der Waals surface area contributed by atoms with Crippen molar-refractivity contribution in [2.75, 3.05) is 12.8 Å². The van der Waals surface area contributed by atoms with Crippen molar-refractivity contribution < 1.29 is 13.2 Å². The number of sulfone groups is 1. The summed E-state index contributed by atoms with van der Waals surface area (Å²) in [6.45, 7) is 0.751. The maximum Gasteiger partial charge on any atom is 0.234 e. The monoisotopic (exact) mass is 310 g/mol. The third kappa shape index (κ3) is 5.13. The first-order valence-electron chi connectivity index (χ1n) is 7.24. The molecule has 0 unspecified atom stereocenters. The Morgan fingerprint density at radius 3 is 2.38 bits per heavy atom. The minimum atomic E-state index is -3.17. The van der Waals surface area contributed by atoms with Gasteiger partial charge in [-0.15, -0.1) is 0 Å². The van der Waals surface area contributed by atoms with Gasteiger partial charge in [0, 0.05) is 18.8 Å². The van der Waals surface area contributed by atoms with Crippen LogP contribution in [0.2, 0.25) is 0 Å². The van der Waals surface area contributed by atoms with Crippen LogP contribution in [0, 0.1) is 0 Å². The molecule has 1 aliphatic rings. The molecule has 21 heavy (non-hydrogen) atoms.